The third-order valence-corrected chi connectivity index (χ3v) is 5.61. The van der Waals surface area contributed by atoms with Gasteiger partial charge in [-0.15, -0.1) is 0 Å². The van der Waals surface area contributed by atoms with Crippen LogP contribution in [0.25, 0.3) is 11.4 Å². The van der Waals surface area contributed by atoms with Crippen LogP contribution in [0.3, 0.4) is 0 Å². The fraction of sp³-hybridized carbons (Fsp3) is 0.571. The molecule has 4 rings (SSSR count). The van der Waals surface area contributed by atoms with Gasteiger partial charge in [0.15, 0.2) is 0 Å². The number of nitrogens with zero attached hydrogens (tertiary/aromatic N) is 3. The van der Waals surface area contributed by atoms with Gasteiger partial charge in [0, 0.05) is 30.5 Å². The summed E-state index contributed by atoms with van der Waals surface area (Å²) >= 11 is 0. The molecule has 2 fully saturated rings. The zero-order chi connectivity index (χ0) is 18.6. The van der Waals surface area contributed by atoms with E-state index in [9.17, 15) is 4.79 Å². The van der Waals surface area contributed by atoms with Crippen LogP contribution in [0, 0.1) is 5.92 Å². The Balaban J connectivity index is 1.41. The maximum absolute atomic E-state index is 12.8. The van der Waals surface area contributed by atoms with E-state index in [1.165, 1.54) is 19.3 Å². The van der Waals surface area contributed by atoms with Gasteiger partial charge >= 0.3 is 0 Å². The molecular formula is C21H27N3O3. The molecule has 0 atom stereocenters. The minimum Gasteiger partial charge on any atom is -0.497 e. The molecular weight excluding hydrogens is 342 g/mol. The summed E-state index contributed by atoms with van der Waals surface area (Å²) in [6, 6.07) is 7.97. The quantitative estimate of drug-likeness (QED) is 0.741. The van der Waals surface area contributed by atoms with Gasteiger partial charge in [-0.05, 0) is 49.9 Å². The van der Waals surface area contributed by atoms with E-state index in [1.54, 1.807) is 7.11 Å². The molecule has 0 N–H and O–H groups in total. The molecule has 2 saturated carbocycles. The van der Waals surface area contributed by atoms with Crippen molar-refractivity contribution in [3.8, 4) is 17.1 Å². The number of aromatic nitrogens is 2. The van der Waals surface area contributed by atoms with E-state index >= 15 is 0 Å². The zero-order valence-corrected chi connectivity index (χ0v) is 15.9. The Morgan fingerprint density at radius 1 is 1.15 bits per heavy atom. The minimum atomic E-state index is 0.254. The van der Waals surface area contributed by atoms with Gasteiger partial charge in [-0.2, -0.15) is 4.98 Å². The SMILES string of the molecule is COc1ccc(-c2noc(CCN(C(=O)C3CC3)C3CCCCC3)n2)cc1. The fourth-order valence-electron chi connectivity index (χ4n) is 3.86. The third-order valence-electron chi connectivity index (χ3n) is 5.61. The lowest BCUT2D eigenvalue weighted by Crippen LogP contribution is -2.43. The Labute approximate surface area is 159 Å². The lowest BCUT2D eigenvalue weighted by Gasteiger charge is -2.34. The van der Waals surface area contributed by atoms with Crippen molar-refractivity contribution in [3.05, 3.63) is 30.2 Å². The number of ether oxygens (including phenoxy) is 1. The first-order valence-electron chi connectivity index (χ1n) is 10.0. The smallest absolute Gasteiger partial charge is 0.228 e. The maximum Gasteiger partial charge on any atom is 0.228 e. The summed E-state index contributed by atoms with van der Waals surface area (Å²) in [5, 5.41) is 4.09. The third kappa shape index (κ3) is 4.31. The highest BCUT2D eigenvalue weighted by molar-refractivity contribution is 5.81. The highest BCUT2D eigenvalue weighted by Crippen LogP contribution is 2.34. The summed E-state index contributed by atoms with van der Waals surface area (Å²) in [6.07, 6.45) is 8.69. The zero-order valence-electron chi connectivity index (χ0n) is 15.9. The summed E-state index contributed by atoms with van der Waals surface area (Å²) in [4.78, 5) is 19.4. The topological polar surface area (TPSA) is 68.5 Å². The van der Waals surface area contributed by atoms with E-state index in [-0.39, 0.29) is 5.92 Å². The van der Waals surface area contributed by atoms with E-state index in [0.717, 1.165) is 37.0 Å². The van der Waals surface area contributed by atoms with Crippen LogP contribution in [-0.4, -0.2) is 40.6 Å². The molecule has 2 aliphatic carbocycles. The number of hydrogen-bond acceptors (Lipinski definition) is 5. The molecule has 0 aliphatic heterocycles. The first-order valence-corrected chi connectivity index (χ1v) is 10.0. The molecule has 6 heteroatoms. The Kier molecular flexibility index (Phi) is 5.41. The largest absolute Gasteiger partial charge is 0.497 e. The predicted octanol–water partition coefficient (Wildman–Crippen LogP) is 3.86. The van der Waals surface area contributed by atoms with Crippen molar-refractivity contribution in [1.82, 2.24) is 15.0 Å². The number of benzene rings is 1. The molecule has 0 bridgehead atoms. The molecule has 1 aromatic carbocycles. The van der Waals surface area contributed by atoms with Crippen LogP contribution < -0.4 is 4.74 Å². The first kappa shape index (κ1) is 18.0. The Morgan fingerprint density at radius 3 is 2.56 bits per heavy atom. The number of hydrogen-bond donors (Lipinski definition) is 0. The molecule has 0 saturated heterocycles. The summed E-state index contributed by atoms with van der Waals surface area (Å²) in [6.45, 7) is 0.671. The summed E-state index contributed by atoms with van der Waals surface area (Å²) in [7, 11) is 1.64. The van der Waals surface area contributed by atoms with Gasteiger partial charge in [-0.3, -0.25) is 4.79 Å². The molecule has 1 amide bonds. The van der Waals surface area contributed by atoms with E-state index in [1.807, 2.05) is 24.3 Å². The van der Waals surface area contributed by atoms with Crippen LogP contribution in [-0.2, 0) is 11.2 Å². The van der Waals surface area contributed by atoms with Crippen molar-refractivity contribution in [2.24, 2.45) is 5.92 Å². The van der Waals surface area contributed by atoms with Crippen LogP contribution in [0.1, 0.15) is 50.8 Å². The summed E-state index contributed by atoms with van der Waals surface area (Å²) < 4.78 is 10.6. The maximum atomic E-state index is 12.8. The second kappa shape index (κ2) is 8.11. The minimum absolute atomic E-state index is 0.254. The van der Waals surface area contributed by atoms with Crippen molar-refractivity contribution in [3.63, 3.8) is 0 Å². The van der Waals surface area contributed by atoms with Gasteiger partial charge in [0.2, 0.25) is 17.6 Å². The lowest BCUT2D eigenvalue weighted by molar-refractivity contribution is -0.135. The van der Waals surface area contributed by atoms with Crippen molar-refractivity contribution in [2.75, 3.05) is 13.7 Å². The molecule has 0 spiro atoms. The second-order valence-electron chi connectivity index (χ2n) is 7.59. The molecule has 1 heterocycles. The Bertz CT molecular complexity index is 761. The molecule has 0 unspecified atom stereocenters. The highest BCUT2D eigenvalue weighted by Gasteiger charge is 2.36. The molecule has 6 nitrogen and oxygen atoms in total. The molecule has 0 radical (unpaired) electrons. The van der Waals surface area contributed by atoms with E-state index in [0.29, 0.717) is 36.6 Å². The predicted molar refractivity (Wildman–Crippen MR) is 101 cm³/mol. The van der Waals surface area contributed by atoms with Crippen LogP contribution in [0.2, 0.25) is 0 Å². The summed E-state index contributed by atoms with van der Waals surface area (Å²) in [5.41, 5.74) is 0.893. The average Bonchev–Trinajstić information content (AvgIpc) is 3.47. The first-order chi connectivity index (χ1) is 13.2. The van der Waals surface area contributed by atoms with E-state index in [4.69, 9.17) is 9.26 Å². The van der Waals surface area contributed by atoms with Gasteiger partial charge in [0.05, 0.1) is 7.11 Å². The fourth-order valence-corrected chi connectivity index (χ4v) is 3.86. The standard InChI is InChI=1S/C21H27N3O3/c1-26-18-11-9-15(10-12-18)20-22-19(27-23-20)13-14-24(21(25)16-7-8-16)17-5-3-2-4-6-17/h9-12,16-17H,2-8,13-14H2,1H3. The van der Waals surface area contributed by atoms with Gasteiger partial charge in [-0.25, -0.2) is 0 Å². The van der Waals surface area contributed by atoms with Gasteiger partial charge in [-0.1, -0.05) is 24.4 Å². The Hall–Kier alpha value is -2.37. The normalized spacial score (nSPS) is 17.7. The van der Waals surface area contributed by atoms with Crippen LogP contribution in [0.5, 0.6) is 5.75 Å². The van der Waals surface area contributed by atoms with Crippen LogP contribution >= 0.6 is 0 Å². The number of amides is 1. The molecule has 2 aliphatic rings. The van der Waals surface area contributed by atoms with Crippen molar-refractivity contribution >= 4 is 5.91 Å². The number of methoxy groups -OCH3 is 1. The highest BCUT2D eigenvalue weighted by atomic mass is 16.5. The van der Waals surface area contributed by atoms with E-state index in [2.05, 4.69) is 15.0 Å². The van der Waals surface area contributed by atoms with Crippen molar-refractivity contribution in [2.45, 2.75) is 57.4 Å². The molecule has 27 heavy (non-hydrogen) atoms. The van der Waals surface area contributed by atoms with Crippen molar-refractivity contribution < 1.29 is 14.1 Å². The molecule has 1 aromatic heterocycles. The van der Waals surface area contributed by atoms with Crippen molar-refractivity contribution in [1.29, 1.82) is 0 Å². The van der Waals surface area contributed by atoms with Crippen LogP contribution in [0.15, 0.2) is 28.8 Å². The van der Waals surface area contributed by atoms with Gasteiger partial charge in [0.1, 0.15) is 5.75 Å². The molecule has 2 aromatic rings. The lowest BCUT2D eigenvalue weighted by atomic mass is 9.93. The second-order valence-corrected chi connectivity index (χ2v) is 7.59. The summed E-state index contributed by atoms with van der Waals surface area (Å²) in [5.74, 6) is 2.54. The monoisotopic (exact) mass is 369 g/mol. The van der Waals surface area contributed by atoms with Gasteiger partial charge in [0.25, 0.3) is 0 Å². The number of carbonyl (C=O) groups is 1. The Morgan fingerprint density at radius 2 is 1.89 bits per heavy atom. The van der Waals surface area contributed by atoms with E-state index < -0.39 is 0 Å². The van der Waals surface area contributed by atoms with Gasteiger partial charge < -0.3 is 14.2 Å². The average molecular weight is 369 g/mol. The van der Waals surface area contributed by atoms with Crippen LogP contribution in [0.4, 0.5) is 0 Å². The molecule has 144 valence electrons. The number of rotatable bonds is 7. The number of carbonyl (C=O) groups excluding carboxylic acids is 1.